The number of phenols is 1. The zero-order valence-corrected chi connectivity index (χ0v) is 11.0. The van der Waals surface area contributed by atoms with Crippen molar-refractivity contribution in [3.63, 3.8) is 0 Å². The van der Waals surface area contributed by atoms with Crippen LogP contribution in [0.25, 0.3) is 6.08 Å². The molecule has 98 valence electrons. The van der Waals surface area contributed by atoms with E-state index in [-0.39, 0.29) is 5.75 Å². The first kappa shape index (κ1) is 14.1. The van der Waals surface area contributed by atoms with Gasteiger partial charge in [0.25, 0.3) is 0 Å². The molecule has 0 spiro atoms. The zero-order chi connectivity index (χ0) is 13.7. The summed E-state index contributed by atoms with van der Waals surface area (Å²) in [4.78, 5) is 12.6. The van der Waals surface area contributed by atoms with Crippen LogP contribution in [-0.4, -0.2) is 29.3 Å². The van der Waals surface area contributed by atoms with E-state index in [1.807, 2.05) is 13.0 Å². The number of carboxylic acids is 1. The summed E-state index contributed by atoms with van der Waals surface area (Å²) in [7, 11) is 0. The van der Waals surface area contributed by atoms with Crippen molar-refractivity contribution in [2.45, 2.75) is 20.8 Å². The third-order valence-electron chi connectivity index (χ3n) is 2.94. The van der Waals surface area contributed by atoms with Crippen LogP contribution in [0.3, 0.4) is 0 Å². The lowest BCUT2D eigenvalue weighted by atomic mass is 10.1. The van der Waals surface area contributed by atoms with E-state index in [4.69, 9.17) is 5.11 Å². The lowest BCUT2D eigenvalue weighted by molar-refractivity contribution is -0.131. The van der Waals surface area contributed by atoms with Crippen molar-refractivity contribution in [3.8, 4) is 5.75 Å². The molecule has 4 nitrogen and oxygen atoms in total. The van der Waals surface area contributed by atoms with Crippen LogP contribution in [0.2, 0.25) is 0 Å². The van der Waals surface area contributed by atoms with Crippen molar-refractivity contribution in [1.82, 2.24) is 0 Å². The average Bonchev–Trinajstić information content (AvgIpc) is 2.34. The van der Waals surface area contributed by atoms with Gasteiger partial charge in [0.05, 0.1) is 0 Å². The largest absolute Gasteiger partial charge is 0.507 e. The number of aliphatic carboxylic acids is 1. The van der Waals surface area contributed by atoms with E-state index in [1.165, 1.54) is 6.08 Å². The molecule has 0 saturated carbocycles. The molecule has 0 aliphatic carbocycles. The van der Waals surface area contributed by atoms with Crippen molar-refractivity contribution >= 4 is 17.7 Å². The number of benzene rings is 1. The molecule has 0 aliphatic heterocycles. The van der Waals surface area contributed by atoms with E-state index in [0.29, 0.717) is 5.56 Å². The predicted molar refractivity (Wildman–Crippen MR) is 73.1 cm³/mol. The monoisotopic (exact) mass is 249 g/mol. The third-order valence-corrected chi connectivity index (χ3v) is 2.94. The fraction of sp³-hybridized carbons (Fsp3) is 0.357. The molecule has 0 fully saturated rings. The first-order chi connectivity index (χ1) is 8.51. The Labute approximate surface area is 107 Å². The molecule has 2 N–H and O–H groups in total. The molecular formula is C14H19NO3. The molecule has 18 heavy (non-hydrogen) atoms. The second-order valence-electron chi connectivity index (χ2n) is 3.99. The lowest BCUT2D eigenvalue weighted by Gasteiger charge is -2.24. The number of anilines is 1. The first-order valence-electron chi connectivity index (χ1n) is 5.99. The highest BCUT2D eigenvalue weighted by atomic mass is 16.4. The van der Waals surface area contributed by atoms with Gasteiger partial charge in [0.1, 0.15) is 5.75 Å². The Bertz CT molecular complexity index is 462. The normalized spacial score (nSPS) is 10.8. The highest BCUT2D eigenvalue weighted by Crippen LogP contribution is 2.31. The van der Waals surface area contributed by atoms with Crippen LogP contribution in [0.5, 0.6) is 5.75 Å². The molecule has 1 rings (SSSR count). The van der Waals surface area contributed by atoms with E-state index >= 15 is 0 Å². The summed E-state index contributed by atoms with van der Waals surface area (Å²) in [5.74, 6) is -0.892. The van der Waals surface area contributed by atoms with Crippen LogP contribution in [0, 0.1) is 6.92 Å². The third kappa shape index (κ3) is 3.03. The Balaban J connectivity index is 3.16. The lowest BCUT2D eigenvalue weighted by Crippen LogP contribution is -2.22. The van der Waals surface area contributed by atoms with Crippen LogP contribution in [0.1, 0.15) is 25.0 Å². The Morgan fingerprint density at radius 1 is 1.33 bits per heavy atom. The Hall–Kier alpha value is -1.97. The van der Waals surface area contributed by atoms with E-state index in [9.17, 15) is 9.90 Å². The first-order valence-corrected chi connectivity index (χ1v) is 5.99. The minimum Gasteiger partial charge on any atom is -0.507 e. The maximum absolute atomic E-state index is 10.5. The van der Waals surface area contributed by atoms with Crippen molar-refractivity contribution in [2.75, 3.05) is 18.0 Å². The summed E-state index contributed by atoms with van der Waals surface area (Å²) in [5.41, 5.74) is 2.27. The number of nitrogens with zero attached hydrogens (tertiary/aromatic N) is 1. The van der Waals surface area contributed by atoms with E-state index in [0.717, 1.165) is 30.4 Å². The number of carboxylic acid groups (broad SMARTS) is 1. The van der Waals surface area contributed by atoms with Gasteiger partial charge in [-0.25, -0.2) is 4.79 Å². The molecule has 0 amide bonds. The maximum atomic E-state index is 10.5. The molecule has 1 aromatic carbocycles. The maximum Gasteiger partial charge on any atom is 0.328 e. The molecule has 0 radical (unpaired) electrons. The van der Waals surface area contributed by atoms with Crippen LogP contribution < -0.4 is 4.90 Å². The molecule has 0 heterocycles. The number of aromatic hydroxyl groups is 1. The number of carbonyl (C=O) groups is 1. The SMILES string of the molecule is CCN(CC)c1ccc(C=CC(=O)O)c(O)c1C. The van der Waals surface area contributed by atoms with Crippen molar-refractivity contribution in [2.24, 2.45) is 0 Å². The van der Waals surface area contributed by atoms with Gasteiger partial charge in [0.15, 0.2) is 0 Å². The van der Waals surface area contributed by atoms with Crippen molar-refractivity contribution in [1.29, 1.82) is 0 Å². The number of rotatable bonds is 5. The van der Waals surface area contributed by atoms with Gasteiger partial charge >= 0.3 is 5.97 Å². The molecule has 0 aromatic heterocycles. The van der Waals surface area contributed by atoms with Gasteiger partial charge in [-0.2, -0.15) is 0 Å². The quantitative estimate of drug-likeness (QED) is 0.787. The number of phenolic OH excluding ortho intramolecular Hbond substituents is 1. The molecule has 0 atom stereocenters. The van der Waals surface area contributed by atoms with Crippen LogP contribution >= 0.6 is 0 Å². The molecular weight excluding hydrogens is 230 g/mol. The van der Waals surface area contributed by atoms with Gasteiger partial charge in [-0.1, -0.05) is 0 Å². The topological polar surface area (TPSA) is 60.8 Å². The van der Waals surface area contributed by atoms with Crippen molar-refractivity contribution in [3.05, 3.63) is 29.3 Å². The summed E-state index contributed by atoms with van der Waals surface area (Å²) in [5, 5.41) is 18.6. The van der Waals surface area contributed by atoms with Gasteiger partial charge in [-0.3, -0.25) is 0 Å². The van der Waals surface area contributed by atoms with Gasteiger partial charge in [0, 0.05) is 36.0 Å². The molecule has 1 aromatic rings. The zero-order valence-electron chi connectivity index (χ0n) is 11.0. The fourth-order valence-corrected chi connectivity index (χ4v) is 1.91. The highest BCUT2D eigenvalue weighted by Gasteiger charge is 2.11. The second-order valence-corrected chi connectivity index (χ2v) is 3.99. The minimum absolute atomic E-state index is 0.136. The highest BCUT2D eigenvalue weighted by molar-refractivity contribution is 5.86. The van der Waals surface area contributed by atoms with Crippen LogP contribution in [-0.2, 0) is 4.79 Å². The average molecular weight is 249 g/mol. The fourth-order valence-electron chi connectivity index (χ4n) is 1.91. The smallest absolute Gasteiger partial charge is 0.328 e. The van der Waals surface area contributed by atoms with E-state index in [2.05, 4.69) is 18.7 Å². The summed E-state index contributed by atoms with van der Waals surface area (Å²) >= 11 is 0. The molecule has 0 saturated heterocycles. The van der Waals surface area contributed by atoms with Gasteiger partial charge in [-0.15, -0.1) is 0 Å². The predicted octanol–water partition coefficient (Wildman–Crippen LogP) is 2.64. The molecule has 4 heteroatoms. The summed E-state index contributed by atoms with van der Waals surface area (Å²) in [6.07, 6.45) is 2.42. The van der Waals surface area contributed by atoms with Gasteiger partial charge in [0.2, 0.25) is 0 Å². The van der Waals surface area contributed by atoms with Crippen LogP contribution in [0.4, 0.5) is 5.69 Å². The Morgan fingerprint density at radius 2 is 1.94 bits per heavy atom. The van der Waals surface area contributed by atoms with Gasteiger partial charge < -0.3 is 15.1 Å². The van der Waals surface area contributed by atoms with E-state index < -0.39 is 5.97 Å². The summed E-state index contributed by atoms with van der Waals surface area (Å²) in [6, 6.07) is 3.64. The van der Waals surface area contributed by atoms with Crippen molar-refractivity contribution < 1.29 is 15.0 Å². The summed E-state index contributed by atoms with van der Waals surface area (Å²) < 4.78 is 0. The van der Waals surface area contributed by atoms with Crippen LogP contribution in [0.15, 0.2) is 18.2 Å². The number of hydrogen-bond acceptors (Lipinski definition) is 3. The molecule has 0 unspecified atom stereocenters. The Kier molecular flexibility index (Phi) is 4.77. The van der Waals surface area contributed by atoms with E-state index in [1.54, 1.807) is 6.07 Å². The standard InChI is InChI=1S/C14H19NO3/c1-4-15(5-2)12-8-6-11(7-9-13(16)17)14(18)10(12)3/h6-9,18H,4-5H2,1-3H3,(H,16,17). The number of hydrogen-bond donors (Lipinski definition) is 2. The Morgan fingerprint density at radius 3 is 2.44 bits per heavy atom. The molecule has 0 aliphatic rings. The van der Waals surface area contributed by atoms with Gasteiger partial charge in [-0.05, 0) is 39.0 Å². The minimum atomic E-state index is -1.03. The summed E-state index contributed by atoms with van der Waals surface area (Å²) in [6.45, 7) is 7.67. The second kappa shape index (κ2) is 6.10. The molecule has 0 bridgehead atoms.